The molecule has 1 N–H and O–H groups in total. The Bertz CT molecular complexity index is 585. The molecule has 0 heterocycles. The number of carbonyl (C=O) groups is 1. The summed E-state index contributed by atoms with van der Waals surface area (Å²) >= 11 is 11.8. The molecule has 0 aliphatic carbocycles. The summed E-state index contributed by atoms with van der Waals surface area (Å²) < 4.78 is 24.9. The minimum absolute atomic E-state index is 0.102. The zero-order valence-electron chi connectivity index (χ0n) is 11.9. The van der Waals surface area contributed by atoms with E-state index in [2.05, 4.69) is 5.32 Å². The lowest BCUT2D eigenvalue weighted by molar-refractivity contribution is -0.121. The van der Waals surface area contributed by atoms with Crippen molar-refractivity contribution in [2.45, 2.75) is 19.8 Å². The van der Waals surface area contributed by atoms with Crippen LogP contribution in [0.15, 0.2) is 18.2 Å². The third-order valence-corrected chi connectivity index (χ3v) is 4.28. The number of amides is 1. The van der Waals surface area contributed by atoms with Gasteiger partial charge in [-0.1, -0.05) is 30.1 Å². The molecule has 1 rings (SSSR count). The predicted octanol–water partition coefficient (Wildman–Crippen LogP) is 2.68. The van der Waals surface area contributed by atoms with E-state index >= 15 is 0 Å². The summed E-state index contributed by atoms with van der Waals surface area (Å²) in [7, 11) is -3.50. The van der Waals surface area contributed by atoms with Crippen LogP contribution in [0, 0.1) is 0 Å². The standard InChI is InChI=1S/C13H18Cl2N2O3S/c1-3-4-13(18)16-5-6-17(21(2,19)20)12-8-10(14)7-11(15)9-12/h7-9H,3-6H2,1-2H3,(H,16,18). The Labute approximate surface area is 135 Å². The molecule has 0 bridgehead atoms. The first-order valence-electron chi connectivity index (χ1n) is 6.44. The lowest BCUT2D eigenvalue weighted by Gasteiger charge is -2.23. The molecular formula is C13H18Cl2N2O3S. The average Bonchev–Trinajstić information content (AvgIpc) is 2.32. The van der Waals surface area contributed by atoms with Crippen LogP contribution in [-0.4, -0.2) is 33.7 Å². The third kappa shape index (κ3) is 6.11. The molecule has 1 amide bonds. The number of sulfonamides is 1. The summed E-state index contributed by atoms with van der Waals surface area (Å²) in [6, 6.07) is 4.56. The zero-order valence-corrected chi connectivity index (χ0v) is 14.2. The molecule has 1 aromatic carbocycles. The Morgan fingerprint density at radius 2 is 1.81 bits per heavy atom. The summed E-state index contributed by atoms with van der Waals surface area (Å²) in [5.74, 6) is -0.102. The Morgan fingerprint density at radius 3 is 2.29 bits per heavy atom. The predicted molar refractivity (Wildman–Crippen MR) is 86.6 cm³/mol. The van der Waals surface area contributed by atoms with Gasteiger partial charge in [0.05, 0.1) is 18.5 Å². The van der Waals surface area contributed by atoms with Crippen molar-refractivity contribution in [3.63, 3.8) is 0 Å². The lowest BCUT2D eigenvalue weighted by atomic mass is 10.3. The minimum atomic E-state index is -3.50. The maximum absolute atomic E-state index is 11.9. The maximum atomic E-state index is 11.9. The van der Waals surface area contributed by atoms with E-state index in [9.17, 15) is 13.2 Å². The highest BCUT2D eigenvalue weighted by molar-refractivity contribution is 7.92. The van der Waals surface area contributed by atoms with Crippen molar-refractivity contribution in [3.05, 3.63) is 28.2 Å². The molecule has 0 radical (unpaired) electrons. The topological polar surface area (TPSA) is 66.5 Å². The molecule has 0 unspecified atom stereocenters. The minimum Gasteiger partial charge on any atom is -0.354 e. The van der Waals surface area contributed by atoms with E-state index in [-0.39, 0.29) is 19.0 Å². The first kappa shape index (κ1) is 18.1. The second-order valence-electron chi connectivity index (χ2n) is 4.56. The summed E-state index contributed by atoms with van der Waals surface area (Å²) in [6.07, 6.45) is 2.25. The van der Waals surface area contributed by atoms with E-state index in [1.54, 1.807) is 0 Å². The summed E-state index contributed by atoms with van der Waals surface area (Å²) in [6.45, 7) is 2.23. The van der Waals surface area contributed by atoms with Crippen molar-refractivity contribution in [3.8, 4) is 0 Å². The van der Waals surface area contributed by atoms with Crippen molar-refractivity contribution >= 4 is 44.8 Å². The van der Waals surface area contributed by atoms with E-state index < -0.39 is 10.0 Å². The second kappa shape index (κ2) is 7.87. The maximum Gasteiger partial charge on any atom is 0.232 e. The Kier molecular flexibility index (Phi) is 6.77. The molecule has 5 nitrogen and oxygen atoms in total. The molecule has 8 heteroatoms. The lowest BCUT2D eigenvalue weighted by Crippen LogP contribution is -2.38. The Balaban J connectivity index is 2.85. The zero-order chi connectivity index (χ0) is 16.0. The van der Waals surface area contributed by atoms with Crippen LogP contribution in [0.1, 0.15) is 19.8 Å². The first-order valence-corrected chi connectivity index (χ1v) is 9.05. The molecular weight excluding hydrogens is 335 g/mol. The number of anilines is 1. The highest BCUT2D eigenvalue weighted by atomic mass is 35.5. The fraction of sp³-hybridized carbons (Fsp3) is 0.462. The number of nitrogens with zero attached hydrogens (tertiary/aromatic N) is 1. The third-order valence-electron chi connectivity index (χ3n) is 2.65. The number of halogens is 2. The van der Waals surface area contributed by atoms with Gasteiger partial charge in [-0.25, -0.2) is 8.42 Å². The number of benzene rings is 1. The highest BCUT2D eigenvalue weighted by Gasteiger charge is 2.18. The van der Waals surface area contributed by atoms with Gasteiger partial charge in [0.1, 0.15) is 0 Å². The molecule has 0 aliphatic heterocycles. The number of hydrogen-bond acceptors (Lipinski definition) is 3. The van der Waals surface area contributed by atoms with Crippen LogP contribution >= 0.6 is 23.2 Å². The van der Waals surface area contributed by atoms with Crippen molar-refractivity contribution in [1.29, 1.82) is 0 Å². The molecule has 1 aromatic rings. The monoisotopic (exact) mass is 352 g/mol. The van der Waals surface area contributed by atoms with Crippen LogP contribution in [-0.2, 0) is 14.8 Å². The number of hydrogen-bond donors (Lipinski definition) is 1. The summed E-state index contributed by atoms with van der Waals surface area (Å²) in [4.78, 5) is 11.4. The van der Waals surface area contributed by atoms with Gasteiger partial charge in [0.25, 0.3) is 0 Å². The van der Waals surface area contributed by atoms with Crippen LogP contribution in [0.5, 0.6) is 0 Å². The molecule has 0 aromatic heterocycles. The van der Waals surface area contributed by atoms with Gasteiger partial charge in [-0.2, -0.15) is 0 Å². The molecule has 0 atom stereocenters. The number of rotatable bonds is 7. The number of carbonyl (C=O) groups excluding carboxylic acids is 1. The van der Waals surface area contributed by atoms with Crippen LogP contribution in [0.25, 0.3) is 0 Å². The van der Waals surface area contributed by atoms with Crippen LogP contribution < -0.4 is 9.62 Å². The fourth-order valence-corrected chi connectivity index (χ4v) is 3.21. The fourth-order valence-electron chi connectivity index (χ4n) is 1.78. The summed E-state index contributed by atoms with van der Waals surface area (Å²) in [5, 5.41) is 3.37. The van der Waals surface area contributed by atoms with Crippen LogP contribution in [0.2, 0.25) is 10.0 Å². The van der Waals surface area contributed by atoms with E-state index in [1.165, 1.54) is 18.2 Å². The van der Waals surface area contributed by atoms with Crippen molar-refractivity contribution < 1.29 is 13.2 Å². The van der Waals surface area contributed by atoms with Gasteiger partial charge in [0.15, 0.2) is 0 Å². The largest absolute Gasteiger partial charge is 0.354 e. The average molecular weight is 353 g/mol. The Hall–Kier alpha value is -0.980. The first-order chi connectivity index (χ1) is 9.74. The number of nitrogens with one attached hydrogen (secondary N) is 1. The smallest absolute Gasteiger partial charge is 0.232 e. The van der Waals surface area contributed by atoms with E-state index in [0.717, 1.165) is 17.0 Å². The van der Waals surface area contributed by atoms with E-state index in [1.807, 2.05) is 6.92 Å². The quantitative estimate of drug-likeness (QED) is 0.820. The van der Waals surface area contributed by atoms with Gasteiger partial charge in [-0.3, -0.25) is 9.10 Å². The Morgan fingerprint density at radius 1 is 1.24 bits per heavy atom. The van der Waals surface area contributed by atoms with Crippen LogP contribution in [0.3, 0.4) is 0 Å². The second-order valence-corrected chi connectivity index (χ2v) is 7.34. The normalized spacial score (nSPS) is 11.2. The molecule has 0 aliphatic rings. The van der Waals surface area contributed by atoms with Gasteiger partial charge >= 0.3 is 0 Å². The van der Waals surface area contributed by atoms with Gasteiger partial charge in [-0.15, -0.1) is 0 Å². The highest BCUT2D eigenvalue weighted by Crippen LogP contribution is 2.26. The molecule has 118 valence electrons. The van der Waals surface area contributed by atoms with Crippen molar-refractivity contribution in [1.82, 2.24) is 5.32 Å². The van der Waals surface area contributed by atoms with Gasteiger partial charge in [0, 0.05) is 23.0 Å². The van der Waals surface area contributed by atoms with Crippen molar-refractivity contribution in [2.24, 2.45) is 0 Å². The molecule has 0 fully saturated rings. The van der Waals surface area contributed by atoms with E-state index in [0.29, 0.717) is 22.2 Å². The molecule has 0 saturated carbocycles. The SMILES string of the molecule is CCCC(=O)NCCN(c1cc(Cl)cc(Cl)c1)S(C)(=O)=O. The molecule has 21 heavy (non-hydrogen) atoms. The van der Waals surface area contributed by atoms with Gasteiger partial charge in [-0.05, 0) is 24.6 Å². The van der Waals surface area contributed by atoms with Crippen molar-refractivity contribution in [2.75, 3.05) is 23.7 Å². The molecule has 0 spiro atoms. The van der Waals surface area contributed by atoms with Crippen LogP contribution in [0.4, 0.5) is 5.69 Å². The molecule has 0 saturated heterocycles. The van der Waals surface area contributed by atoms with Gasteiger partial charge < -0.3 is 5.32 Å². The van der Waals surface area contributed by atoms with Gasteiger partial charge in [0.2, 0.25) is 15.9 Å². The van der Waals surface area contributed by atoms with E-state index in [4.69, 9.17) is 23.2 Å². The summed E-state index contributed by atoms with van der Waals surface area (Å²) in [5.41, 5.74) is 0.375.